The maximum atomic E-state index is 11.7. The van der Waals surface area contributed by atoms with Crippen molar-refractivity contribution in [2.75, 3.05) is 13.1 Å². The largest absolute Gasteiger partial charge is 0.325 e. The maximum absolute atomic E-state index is 11.7. The summed E-state index contributed by atoms with van der Waals surface area (Å²) in [5.41, 5.74) is 0.769. The summed E-state index contributed by atoms with van der Waals surface area (Å²) in [6, 6.07) is 3.52. The van der Waals surface area contributed by atoms with E-state index in [0.29, 0.717) is 4.99 Å². The van der Waals surface area contributed by atoms with Crippen LogP contribution >= 0.6 is 12.2 Å². The first kappa shape index (κ1) is 11.0. The molecule has 0 aliphatic carbocycles. The van der Waals surface area contributed by atoms with Gasteiger partial charge >= 0.3 is 6.03 Å². The second kappa shape index (κ2) is 5.03. The molecule has 1 saturated heterocycles. The third-order valence-electron chi connectivity index (χ3n) is 2.54. The second-order valence-electron chi connectivity index (χ2n) is 3.70. The highest BCUT2D eigenvalue weighted by atomic mass is 32.1. The van der Waals surface area contributed by atoms with Crippen molar-refractivity contribution in [3.8, 4) is 0 Å². The fraction of sp³-hybridized carbons (Fsp3) is 0.364. The molecule has 4 nitrogen and oxygen atoms in total. The van der Waals surface area contributed by atoms with Crippen LogP contribution in [0.2, 0.25) is 0 Å². The number of hydrogen-bond acceptors (Lipinski definition) is 3. The first-order valence-electron chi connectivity index (χ1n) is 5.27. The van der Waals surface area contributed by atoms with Crippen LogP contribution in [0.1, 0.15) is 18.4 Å². The molecule has 1 N–H and O–H groups in total. The average Bonchev–Trinajstić information content (AvgIpc) is 2.83. The number of amides is 2. The minimum atomic E-state index is -0.105. The summed E-state index contributed by atoms with van der Waals surface area (Å²) in [5, 5.41) is 2.72. The number of rotatable bonds is 1. The molecule has 1 aliphatic heterocycles. The Morgan fingerprint density at radius 3 is 2.81 bits per heavy atom. The Kier molecular flexibility index (Phi) is 3.46. The molecular formula is C11H13N3OS. The Labute approximate surface area is 99.7 Å². The van der Waals surface area contributed by atoms with E-state index in [4.69, 9.17) is 12.2 Å². The highest BCUT2D eigenvalue weighted by Crippen LogP contribution is 2.07. The summed E-state index contributed by atoms with van der Waals surface area (Å²) in [7, 11) is 0. The minimum absolute atomic E-state index is 0.105. The van der Waals surface area contributed by atoms with E-state index < -0.39 is 0 Å². The molecule has 2 rings (SSSR count). The molecule has 5 heteroatoms. The number of nitrogens with one attached hydrogen (secondary N) is 1. The Morgan fingerprint density at radius 1 is 1.44 bits per heavy atom. The van der Waals surface area contributed by atoms with Crippen LogP contribution in [0.15, 0.2) is 24.5 Å². The third-order valence-corrected chi connectivity index (χ3v) is 2.88. The van der Waals surface area contributed by atoms with Crippen LogP contribution in [0.25, 0.3) is 0 Å². The van der Waals surface area contributed by atoms with Gasteiger partial charge in [0, 0.05) is 31.0 Å². The van der Waals surface area contributed by atoms with Gasteiger partial charge in [-0.1, -0.05) is 12.2 Å². The van der Waals surface area contributed by atoms with E-state index in [1.54, 1.807) is 23.4 Å². The van der Waals surface area contributed by atoms with Gasteiger partial charge in [0.25, 0.3) is 0 Å². The van der Waals surface area contributed by atoms with Gasteiger partial charge in [0.2, 0.25) is 0 Å². The Balaban J connectivity index is 1.94. The van der Waals surface area contributed by atoms with Crippen LogP contribution in [0.3, 0.4) is 0 Å². The van der Waals surface area contributed by atoms with Crippen molar-refractivity contribution >= 4 is 23.2 Å². The van der Waals surface area contributed by atoms with E-state index in [-0.39, 0.29) is 6.03 Å². The summed E-state index contributed by atoms with van der Waals surface area (Å²) in [6.07, 6.45) is 5.47. The number of aromatic nitrogens is 1. The van der Waals surface area contributed by atoms with E-state index in [9.17, 15) is 4.79 Å². The van der Waals surface area contributed by atoms with Gasteiger partial charge in [0.05, 0.1) is 0 Å². The van der Waals surface area contributed by atoms with E-state index in [2.05, 4.69) is 10.3 Å². The van der Waals surface area contributed by atoms with Crippen LogP contribution < -0.4 is 5.32 Å². The van der Waals surface area contributed by atoms with E-state index in [1.807, 2.05) is 6.07 Å². The smallest absolute Gasteiger partial charge is 0.322 e. The first-order chi connectivity index (χ1) is 7.77. The SMILES string of the molecule is O=C(NC(=S)c1cccnc1)N1CCCC1. The lowest BCUT2D eigenvalue weighted by Crippen LogP contribution is -2.40. The van der Waals surface area contributed by atoms with Crippen molar-refractivity contribution in [2.24, 2.45) is 0 Å². The molecule has 1 aromatic rings. The molecule has 16 heavy (non-hydrogen) atoms. The molecule has 0 radical (unpaired) electrons. The van der Waals surface area contributed by atoms with Crippen molar-refractivity contribution in [1.82, 2.24) is 15.2 Å². The summed E-state index contributed by atoms with van der Waals surface area (Å²) in [6.45, 7) is 1.64. The van der Waals surface area contributed by atoms with Gasteiger partial charge in [0.15, 0.2) is 0 Å². The average molecular weight is 235 g/mol. The van der Waals surface area contributed by atoms with Crippen molar-refractivity contribution in [1.29, 1.82) is 0 Å². The molecule has 1 fully saturated rings. The highest BCUT2D eigenvalue weighted by molar-refractivity contribution is 7.80. The Morgan fingerprint density at radius 2 is 2.19 bits per heavy atom. The normalized spacial score (nSPS) is 14.9. The van der Waals surface area contributed by atoms with Crippen LogP contribution in [0.4, 0.5) is 4.79 Å². The monoisotopic (exact) mass is 235 g/mol. The number of carbonyl (C=O) groups is 1. The van der Waals surface area contributed by atoms with Crippen molar-refractivity contribution in [3.05, 3.63) is 30.1 Å². The van der Waals surface area contributed by atoms with Gasteiger partial charge in [-0.05, 0) is 25.0 Å². The van der Waals surface area contributed by atoms with Crippen LogP contribution in [-0.2, 0) is 0 Å². The molecule has 0 unspecified atom stereocenters. The number of urea groups is 1. The Hall–Kier alpha value is -1.49. The molecule has 0 atom stereocenters. The molecule has 0 aromatic carbocycles. The van der Waals surface area contributed by atoms with Crippen LogP contribution in [0.5, 0.6) is 0 Å². The zero-order chi connectivity index (χ0) is 11.4. The molecule has 0 bridgehead atoms. The molecule has 2 heterocycles. The summed E-state index contributed by atoms with van der Waals surface area (Å²) < 4.78 is 0. The zero-order valence-corrected chi connectivity index (χ0v) is 9.67. The lowest BCUT2D eigenvalue weighted by atomic mass is 10.3. The zero-order valence-electron chi connectivity index (χ0n) is 8.85. The number of carbonyl (C=O) groups excluding carboxylic acids is 1. The maximum Gasteiger partial charge on any atom is 0.322 e. The predicted molar refractivity (Wildman–Crippen MR) is 65.3 cm³/mol. The van der Waals surface area contributed by atoms with E-state index in [1.165, 1.54) is 0 Å². The van der Waals surface area contributed by atoms with Gasteiger partial charge in [-0.3, -0.25) is 10.3 Å². The molecule has 1 aliphatic rings. The van der Waals surface area contributed by atoms with Gasteiger partial charge in [-0.2, -0.15) is 0 Å². The molecule has 0 spiro atoms. The van der Waals surface area contributed by atoms with Gasteiger partial charge in [-0.25, -0.2) is 4.79 Å². The molecule has 2 amide bonds. The van der Waals surface area contributed by atoms with Crippen LogP contribution in [0, 0.1) is 0 Å². The lowest BCUT2D eigenvalue weighted by Gasteiger charge is -2.16. The molecule has 0 saturated carbocycles. The summed E-state index contributed by atoms with van der Waals surface area (Å²) in [5.74, 6) is 0. The standard InChI is InChI=1S/C11H13N3OS/c15-11(14-6-1-2-7-14)13-10(16)9-4-3-5-12-8-9/h3-5,8H,1-2,6-7H2,(H,13,15,16). The topological polar surface area (TPSA) is 45.2 Å². The van der Waals surface area contributed by atoms with Crippen molar-refractivity contribution in [3.63, 3.8) is 0 Å². The predicted octanol–water partition coefficient (Wildman–Crippen LogP) is 1.56. The fourth-order valence-electron chi connectivity index (χ4n) is 1.67. The second-order valence-corrected chi connectivity index (χ2v) is 4.10. The van der Waals surface area contributed by atoms with E-state index in [0.717, 1.165) is 31.5 Å². The number of thiocarbonyl (C=S) groups is 1. The summed E-state index contributed by atoms with van der Waals surface area (Å²) in [4.78, 5) is 17.9. The van der Waals surface area contributed by atoms with E-state index >= 15 is 0 Å². The molecule has 1 aromatic heterocycles. The number of pyridine rings is 1. The number of likely N-dealkylation sites (tertiary alicyclic amines) is 1. The van der Waals surface area contributed by atoms with Crippen molar-refractivity contribution < 1.29 is 4.79 Å². The first-order valence-corrected chi connectivity index (χ1v) is 5.68. The lowest BCUT2D eigenvalue weighted by molar-refractivity contribution is 0.214. The highest BCUT2D eigenvalue weighted by Gasteiger charge is 2.18. The third kappa shape index (κ3) is 2.55. The number of hydrogen-bond donors (Lipinski definition) is 1. The minimum Gasteiger partial charge on any atom is -0.325 e. The molecule has 84 valence electrons. The van der Waals surface area contributed by atoms with Gasteiger partial charge < -0.3 is 4.90 Å². The van der Waals surface area contributed by atoms with Crippen LogP contribution in [-0.4, -0.2) is 34.0 Å². The molecular weight excluding hydrogens is 222 g/mol. The van der Waals surface area contributed by atoms with Gasteiger partial charge in [0.1, 0.15) is 4.99 Å². The summed E-state index contributed by atoms with van der Waals surface area (Å²) >= 11 is 5.13. The number of nitrogens with zero attached hydrogens (tertiary/aromatic N) is 2. The quantitative estimate of drug-likeness (QED) is 0.751. The fourth-order valence-corrected chi connectivity index (χ4v) is 1.87. The van der Waals surface area contributed by atoms with Crippen molar-refractivity contribution in [2.45, 2.75) is 12.8 Å². The Bertz CT molecular complexity index is 387. The van der Waals surface area contributed by atoms with Gasteiger partial charge in [-0.15, -0.1) is 0 Å².